The molecule has 5 heteroatoms. The Labute approximate surface area is 137 Å². The molecule has 2 aromatic rings. The van der Waals surface area contributed by atoms with Crippen LogP contribution in [0.5, 0.6) is 0 Å². The van der Waals surface area contributed by atoms with Crippen molar-refractivity contribution in [2.75, 3.05) is 46.9 Å². The van der Waals surface area contributed by atoms with Crippen molar-refractivity contribution in [2.45, 2.75) is 12.8 Å². The third kappa shape index (κ3) is 4.26. The van der Waals surface area contributed by atoms with Gasteiger partial charge in [-0.05, 0) is 12.1 Å². The van der Waals surface area contributed by atoms with Crippen LogP contribution in [0.4, 0.5) is 0 Å². The molecular formula is C18H25N3O2. The Balaban J connectivity index is 1.53. The molecule has 0 N–H and O–H groups in total. The molecule has 0 atom stereocenters. The van der Waals surface area contributed by atoms with E-state index in [1.165, 1.54) is 5.39 Å². The number of aromatic nitrogens is 1. The third-order valence-electron chi connectivity index (χ3n) is 4.44. The molecule has 0 bridgehead atoms. The fraction of sp³-hybridized carbons (Fsp3) is 0.500. The van der Waals surface area contributed by atoms with Crippen molar-refractivity contribution in [2.24, 2.45) is 0 Å². The van der Waals surface area contributed by atoms with E-state index in [2.05, 4.69) is 40.1 Å². The van der Waals surface area contributed by atoms with Crippen molar-refractivity contribution in [3.05, 3.63) is 42.1 Å². The maximum absolute atomic E-state index is 5.28. The Hall–Kier alpha value is -1.53. The molecule has 0 radical (unpaired) electrons. The van der Waals surface area contributed by atoms with Gasteiger partial charge in [0.15, 0.2) is 6.29 Å². The second-order valence-corrected chi connectivity index (χ2v) is 5.97. The van der Waals surface area contributed by atoms with E-state index < -0.39 is 0 Å². The lowest BCUT2D eigenvalue weighted by Crippen LogP contribution is -2.48. The summed E-state index contributed by atoms with van der Waals surface area (Å²) in [4.78, 5) is 9.62. The van der Waals surface area contributed by atoms with E-state index >= 15 is 0 Å². The van der Waals surface area contributed by atoms with Crippen molar-refractivity contribution < 1.29 is 9.47 Å². The second kappa shape index (κ2) is 7.84. The van der Waals surface area contributed by atoms with Gasteiger partial charge in [-0.2, -0.15) is 0 Å². The molecule has 1 saturated heterocycles. The lowest BCUT2D eigenvalue weighted by Gasteiger charge is -2.35. The summed E-state index contributed by atoms with van der Waals surface area (Å²) in [5.41, 5.74) is 2.22. The quantitative estimate of drug-likeness (QED) is 0.762. The fourth-order valence-electron chi connectivity index (χ4n) is 3.01. The minimum Gasteiger partial charge on any atom is -0.355 e. The summed E-state index contributed by atoms with van der Waals surface area (Å²) in [6.07, 6.45) is -0.135. The number of pyridine rings is 1. The molecule has 0 unspecified atom stereocenters. The molecule has 0 spiro atoms. The average Bonchev–Trinajstić information content (AvgIpc) is 2.61. The lowest BCUT2D eigenvalue weighted by molar-refractivity contribution is -0.119. The zero-order valence-electron chi connectivity index (χ0n) is 13.9. The van der Waals surface area contributed by atoms with Crippen LogP contribution < -0.4 is 0 Å². The van der Waals surface area contributed by atoms with E-state index in [4.69, 9.17) is 14.5 Å². The lowest BCUT2D eigenvalue weighted by atomic mass is 10.2. The predicted octanol–water partition coefficient (Wildman–Crippen LogP) is 1.97. The first kappa shape index (κ1) is 16.3. The molecule has 3 rings (SSSR count). The van der Waals surface area contributed by atoms with E-state index in [0.29, 0.717) is 0 Å². The molecule has 1 aliphatic heterocycles. The molecule has 5 nitrogen and oxygen atoms in total. The van der Waals surface area contributed by atoms with Crippen LogP contribution >= 0.6 is 0 Å². The molecule has 0 amide bonds. The molecule has 2 heterocycles. The minimum atomic E-state index is -0.135. The monoisotopic (exact) mass is 315 g/mol. The summed E-state index contributed by atoms with van der Waals surface area (Å²) in [6.45, 7) is 5.92. The molecule has 0 aliphatic carbocycles. The van der Waals surface area contributed by atoms with Gasteiger partial charge < -0.3 is 9.47 Å². The Morgan fingerprint density at radius 3 is 2.39 bits per heavy atom. The Morgan fingerprint density at radius 1 is 0.957 bits per heavy atom. The van der Waals surface area contributed by atoms with Crippen molar-refractivity contribution in [1.29, 1.82) is 0 Å². The van der Waals surface area contributed by atoms with Gasteiger partial charge in [-0.25, -0.2) is 0 Å². The van der Waals surface area contributed by atoms with Gasteiger partial charge in [-0.15, -0.1) is 0 Å². The number of fused-ring (bicyclic) bond motifs is 1. The first-order valence-corrected chi connectivity index (χ1v) is 8.13. The Kier molecular flexibility index (Phi) is 5.56. The molecule has 1 aromatic heterocycles. The number of benzene rings is 1. The van der Waals surface area contributed by atoms with E-state index in [1.807, 2.05) is 6.07 Å². The summed E-state index contributed by atoms with van der Waals surface area (Å²) in [6, 6.07) is 12.6. The van der Waals surface area contributed by atoms with Gasteiger partial charge in [-0.1, -0.05) is 24.3 Å². The summed E-state index contributed by atoms with van der Waals surface area (Å²) in [7, 11) is 3.38. The summed E-state index contributed by atoms with van der Waals surface area (Å²) >= 11 is 0. The molecule has 1 aromatic carbocycles. The number of para-hydroxylation sites is 1. The largest absolute Gasteiger partial charge is 0.355 e. The molecule has 0 saturated carbocycles. The SMILES string of the molecule is COC(CN1CCN(Cc2ccc3ccccc3n2)CC1)OC. The predicted molar refractivity (Wildman–Crippen MR) is 91.3 cm³/mol. The maximum atomic E-state index is 5.28. The zero-order chi connectivity index (χ0) is 16.1. The van der Waals surface area contributed by atoms with Gasteiger partial charge in [-0.3, -0.25) is 14.8 Å². The highest BCUT2D eigenvalue weighted by Crippen LogP contribution is 2.14. The fourth-order valence-corrected chi connectivity index (χ4v) is 3.01. The number of methoxy groups -OCH3 is 2. The highest BCUT2D eigenvalue weighted by Gasteiger charge is 2.20. The first-order valence-electron chi connectivity index (χ1n) is 8.13. The van der Waals surface area contributed by atoms with Gasteiger partial charge in [0.25, 0.3) is 0 Å². The van der Waals surface area contributed by atoms with Crippen molar-refractivity contribution in [3.63, 3.8) is 0 Å². The normalized spacial score (nSPS) is 17.2. The molecule has 1 fully saturated rings. The van der Waals surface area contributed by atoms with Gasteiger partial charge in [0.1, 0.15) is 0 Å². The van der Waals surface area contributed by atoms with Crippen LogP contribution in [0.2, 0.25) is 0 Å². The van der Waals surface area contributed by atoms with Crippen LogP contribution in [0.3, 0.4) is 0 Å². The zero-order valence-corrected chi connectivity index (χ0v) is 13.9. The average molecular weight is 315 g/mol. The molecule has 23 heavy (non-hydrogen) atoms. The number of rotatable bonds is 6. The van der Waals surface area contributed by atoms with E-state index in [1.54, 1.807) is 14.2 Å². The van der Waals surface area contributed by atoms with Gasteiger partial charge >= 0.3 is 0 Å². The van der Waals surface area contributed by atoms with Gasteiger partial charge in [0, 0.05) is 58.9 Å². The molecule has 124 valence electrons. The number of nitrogens with zero attached hydrogens (tertiary/aromatic N) is 3. The molecule has 1 aliphatic rings. The van der Waals surface area contributed by atoms with Crippen molar-refractivity contribution in [3.8, 4) is 0 Å². The first-order chi connectivity index (χ1) is 11.3. The van der Waals surface area contributed by atoms with Crippen molar-refractivity contribution >= 4 is 10.9 Å². The summed E-state index contributed by atoms with van der Waals surface area (Å²) < 4.78 is 10.6. The van der Waals surface area contributed by atoms with Crippen LogP contribution in [0.1, 0.15) is 5.69 Å². The number of hydrogen-bond acceptors (Lipinski definition) is 5. The standard InChI is InChI=1S/C18H25N3O2/c1-22-18(23-2)14-21-11-9-20(10-12-21)13-16-8-7-15-5-3-4-6-17(15)19-16/h3-8,18H,9-14H2,1-2H3. The summed E-state index contributed by atoms with van der Waals surface area (Å²) in [5, 5.41) is 1.20. The number of ether oxygens (including phenoxy) is 2. The Morgan fingerprint density at radius 2 is 1.65 bits per heavy atom. The van der Waals surface area contributed by atoms with E-state index in [9.17, 15) is 0 Å². The topological polar surface area (TPSA) is 37.8 Å². The minimum absolute atomic E-state index is 0.135. The number of piperazine rings is 1. The second-order valence-electron chi connectivity index (χ2n) is 5.97. The highest BCUT2D eigenvalue weighted by molar-refractivity contribution is 5.78. The van der Waals surface area contributed by atoms with Crippen LogP contribution in [-0.2, 0) is 16.0 Å². The third-order valence-corrected chi connectivity index (χ3v) is 4.44. The molecular weight excluding hydrogens is 290 g/mol. The number of hydrogen-bond donors (Lipinski definition) is 0. The van der Waals surface area contributed by atoms with Crippen LogP contribution in [-0.4, -0.2) is 68.0 Å². The van der Waals surface area contributed by atoms with Gasteiger partial charge in [0.2, 0.25) is 0 Å². The van der Waals surface area contributed by atoms with E-state index in [0.717, 1.165) is 50.5 Å². The van der Waals surface area contributed by atoms with Crippen LogP contribution in [0, 0.1) is 0 Å². The summed E-state index contributed by atoms with van der Waals surface area (Å²) in [5.74, 6) is 0. The van der Waals surface area contributed by atoms with Crippen LogP contribution in [0.15, 0.2) is 36.4 Å². The van der Waals surface area contributed by atoms with E-state index in [-0.39, 0.29) is 6.29 Å². The van der Waals surface area contributed by atoms with Crippen molar-refractivity contribution in [1.82, 2.24) is 14.8 Å². The smallest absolute Gasteiger partial charge is 0.169 e. The highest BCUT2D eigenvalue weighted by atomic mass is 16.7. The van der Waals surface area contributed by atoms with Crippen LogP contribution in [0.25, 0.3) is 10.9 Å². The maximum Gasteiger partial charge on any atom is 0.169 e. The van der Waals surface area contributed by atoms with Gasteiger partial charge in [0.05, 0.1) is 11.2 Å². The Bertz CT molecular complexity index is 622.